The maximum Gasteiger partial charge on any atom is 0.397 e. The Hall–Kier alpha value is -0.820. The van der Waals surface area contributed by atoms with E-state index in [-0.39, 0.29) is 6.61 Å². The third kappa shape index (κ3) is 5.36. The highest BCUT2D eigenvalue weighted by Crippen LogP contribution is 2.21. The van der Waals surface area contributed by atoms with E-state index in [1.165, 1.54) is 4.90 Å². The van der Waals surface area contributed by atoms with E-state index >= 15 is 0 Å². The van der Waals surface area contributed by atoms with Gasteiger partial charge in [-0.05, 0) is 13.0 Å². The van der Waals surface area contributed by atoms with Crippen molar-refractivity contribution < 1.29 is 23.1 Å². The van der Waals surface area contributed by atoms with Gasteiger partial charge in [-0.1, -0.05) is 0 Å². The van der Waals surface area contributed by atoms with Crippen LogP contribution < -0.4 is 0 Å². The molecule has 1 aliphatic heterocycles. The minimum atomic E-state index is -4.44. The van der Waals surface area contributed by atoms with Gasteiger partial charge in [0.2, 0.25) is 5.91 Å². The first-order valence-corrected chi connectivity index (χ1v) is 5.60. The Morgan fingerprint density at radius 3 is 2.47 bits per heavy atom. The molecule has 0 spiro atoms. The summed E-state index contributed by atoms with van der Waals surface area (Å²) in [5.74, 6) is -0.858. The average Bonchev–Trinajstić information content (AvgIpc) is 2.41. The first kappa shape index (κ1) is 14.2. The first-order valence-electron chi connectivity index (χ1n) is 5.60. The summed E-state index contributed by atoms with van der Waals surface area (Å²) in [5, 5.41) is 8.77. The number of carbonyl (C=O) groups excluding carboxylic acids is 1. The molecule has 7 heteroatoms. The number of amides is 1. The molecule has 1 rings (SSSR count). The van der Waals surface area contributed by atoms with E-state index in [1.54, 1.807) is 0 Å². The molecule has 100 valence electrons. The van der Waals surface area contributed by atoms with Gasteiger partial charge in [-0.25, -0.2) is 0 Å². The number of β-amino-alcohol motifs (C(OH)–C–C–N with tert-alkyl or cyclic N) is 1. The second-order valence-electron chi connectivity index (χ2n) is 4.09. The molecular formula is C10H17F3N2O2. The number of aliphatic hydroxyl groups is 1. The molecule has 1 amide bonds. The van der Waals surface area contributed by atoms with Crippen molar-refractivity contribution in [3.05, 3.63) is 0 Å². The maximum atomic E-state index is 12.1. The lowest BCUT2D eigenvalue weighted by Crippen LogP contribution is -2.37. The van der Waals surface area contributed by atoms with Crippen LogP contribution in [0.25, 0.3) is 0 Å². The molecule has 0 atom stereocenters. The van der Waals surface area contributed by atoms with E-state index in [0.29, 0.717) is 39.1 Å². The summed E-state index contributed by atoms with van der Waals surface area (Å²) in [6, 6.07) is 0. The smallest absolute Gasteiger partial charge is 0.395 e. The number of halogens is 3. The van der Waals surface area contributed by atoms with Crippen LogP contribution in [0.15, 0.2) is 0 Å². The van der Waals surface area contributed by atoms with Crippen molar-refractivity contribution in [1.29, 1.82) is 0 Å². The summed E-state index contributed by atoms with van der Waals surface area (Å²) in [6.07, 6.45) is -5.18. The third-order valence-corrected chi connectivity index (χ3v) is 2.71. The predicted octanol–water partition coefficient (Wildman–Crippen LogP) is 0.465. The zero-order valence-corrected chi connectivity index (χ0v) is 9.54. The van der Waals surface area contributed by atoms with Crippen LogP contribution in [-0.2, 0) is 4.79 Å². The van der Waals surface area contributed by atoms with Crippen molar-refractivity contribution in [2.75, 3.05) is 39.3 Å². The van der Waals surface area contributed by atoms with Gasteiger partial charge in [0, 0.05) is 26.2 Å². The number of nitrogens with zero attached hydrogens (tertiary/aromatic N) is 2. The van der Waals surface area contributed by atoms with E-state index < -0.39 is 18.5 Å². The Balaban J connectivity index is 2.43. The van der Waals surface area contributed by atoms with Crippen LogP contribution in [-0.4, -0.2) is 66.3 Å². The maximum absolute atomic E-state index is 12.1. The molecule has 1 aliphatic rings. The quantitative estimate of drug-likeness (QED) is 0.796. The number of hydrogen-bond acceptors (Lipinski definition) is 3. The van der Waals surface area contributed by atoms with E-state index in [2.05, 4.69) is 0 Å². The number of rotatable bonds is 3. The molecule has 1 saturated heterocycles. The molecule has 0 aromatic carbocycles. The lowest BCUT2D eigenvalue weighted by atomic mass is 10.3. The molecule has 0 unspecified atom stereocenters. The molecule has 0 radical (unpaired) electrons. The van der Waals surface area contributed by atoms with Crippen LogP contribution in [0, 0.1) is 0 Å². The summed E-state index contributed by atoms with van der Waals surface area (Å²) in [5.41, 5.74) is 0. The highest BCUT2D eigenvalue weighted by Gasteiger charge is 2.33. The molecule has 1 fully saturated rings. The summed E-state index contributed by atoms with van der Waals surface area (Å²) in [7, 11) is 0. The lowest BCUT2D eigenvalue weighted by Gasteiger charge is -2.22. The van der Waals surface area contributed by atoms with Crippen LogP contribution in [0.5, 0.6) is 0 Å². The van der Waals surface area contributed by atoms with Crippen molar-refractivity contribution in [3.63, 3.8) is 0 Å². The summed E-state index contributed by atoms with van der Waals surface area (Å²) >= 11 is 0. The van der Waals surface area contributed by atoms with Crippen molar-refractivity contribution in [2.24, 2.45) is 0 Å². The molecule has 4 nitrogen and oxygen atoms in total. The standard InChI is InChI=1S/C10H17F3N2O2/c11-10(12,13)8-9(17)15-3-1-2-14(4-5-15)6-7-16/h16H,1-8H2. The number of alkyl halides is 3. The van der Waals surface area contributed by atoms with Crippen LogP contribution in [0.2, 0.25) is 0 Å². The van der Waals surface area contributed by atoms with Gasteiger partial charge in [-0.2, -0.15) is 13.2 Å². The van der Waals surface area contributed by atoms with Crippen molar-refractivity contribution in [1.82, 2.24) is 9.80 Å². The van der Waals surface area contributed by atoms with Gasteiger partial charge in [0.25, 0.3) is 0 Å². The predicted molar refractivity (Wildman–Crippen MR) is 55.4 cm³/mol. The number of hydrogen-bond donors (Lipinski definition) is 1. The fraction of sp³-hybridized carbons (Fsp3) is 0.900. The minimum Gasteiger partial charge on any atom is -0.395 e. The molecular weight excluding hydrogens is 237 g/mol. The lowest BCUT2D eigenvalue weighted by molar-refractivity contribution is -0.161. The van der Waals surface area contributed by atoms with Crippen molar-refractivity contribution in [2.45, 2.75) is 19.0 Å². The van der Waals surface area contributed by atoms with Gasteiger partial charge in [-0.3, -0.25) is 9.69 Å². The topological polar surface area (TPSA) is 43.8 Å². The summed E-state index contributed by atoms with van der Waals surface area (Å²) in [4.78, 5) is 14.6. The molecule has 0 aromatic rings. The van der Waals surface area contributed by atoms with Crippen LogP contribution in [0.3, 0.4) is 0 Å². The van der Waals surface area contributed by atoms with Crippen molar-refractivity contribution >= 4 is 5.91 Å². The van der Waals surface area contributed by atoms with E-state index in [4.69, 9.17) is 5.11 Å². The zero-order valence-electron chi connectivity index (χ0n) is 9.54. The monoisotopic (exact) mass is 254 g/mol. The van der Waals surface area contributed by atoms with E-state index in [9.17, 15) is 18.0 Å². The largest absolute Gasteiger partial charge is 0.397 e. The fourth-order valence-electron chi connectivity index (χ4n) is 1.87. The molecule has 0 bridgehead atoms. The average molecular weight is 254 g/mol. The number of aliphatic hydroxyl groups excluding tert-OH is 1. The van der Waals surface area contributed by atoms with Gasteiger partial charge >= 0.3 is 6.18 Å². The Labute approximate surface area is 98.0 Å². The Kier molecular flexibility index (Phi) is 5.20. The Morgan fingerprint density at radius 1 is 1.18 bits per heavy atom. The molecule has 0 aliphatic carbocycles. The zero-order chi connectivity index (χ0) is 12.9. The summed E-state index contributed by atoms with van der Waals surface area (Å²) < 4.78 is 36.2. The van der Waals surface area contributed by atoms with Gasteiger partial charge in [0.1, 0.15) is 6.42 Å². The van der Waals surface area contributed by atoms with Crippen LogP contribution in [0.1, 0.15) is 12.8 Å². The van der Waals surface area contributed by atoms with Crippen LogP contribution >= 0.6 is 0 Å². The molecule has 0 aromatic heterocycles. The normalized spacial score (nSPS) is 19.2. The third-order valence-electron chi connectivity index (χ3n) is 2.71. The van der Waals surface area contributed by atoms with Gasteiger partial charge in [0.05, 0.1) is 6.61 Å². The first-order chi connectivity index (χ1) is 7.92. The molecule has 1 N–H and O–H groups in total. The van der Waals surface area contributed by atoms with Gasteiger partial charge in [-0.15, -0.1) is 0 Å². The fourth-order valence-corrected chi connectivity index (χ4v) is 1.87. The van der Waals surface area contributed by atoms with Crippen LogP contribution in [0.4, 0.5) is 13.2 Å². The molecule has 17 heavy (non-hydrogen) atoms. The van der Waals surface area contributed by atoms with E-state index in [1.807, 2.05) is 4.90 Å². The van der Waals surface area contributed by atoms with E-state index in [0.717, 1.165) is 0 Å². The summed E-state index contributed by atoms with van der Waals surface area (Å²) in [6.45, 7) is 2.41. The van der Waals surface area contributed by atoms with Gasteiger partial charge in [0.15, 0.2) is 0 Å². The Morgan fingerprint density at radius 2 is 1.88 bits per heavy atom. The second-order valence-corrected chi connectivity index (χ2v) is 4.09. The molecule has 1 heterocycles. The highest BCUT2D eigenvalue weighted by molar-refractivity contribution is 5.76. The highest BCUT2D eigenvalue weighted by atomic mass is 19.4. The number of carbonyl (C=O) groups is 1. The van der Waals surface area contributed by atoms with Crippen molar-refractivity contribution in [3.8, 4) is 0 Å². The second kappa shape index (κ2) is 6.20. The SMILES string of the molecule is O=C(CC(F)(F)F)N1CCCN(CCO)CC1. The van der Waals surface area contributed by atoms with Gasteiger partial charge < -0.3 is 10.0 Å². The molecule has 0 saturated carbocycles. The minimum absolute atomic E-state index is 0.0243. The Bertz CT molecular complexity index is 258.